The molecule has 0 spiro atoms. The third-order valence-electron chi connectivity index (χ3n) is 9.48. The van der Waals surface area contributed by atoms with Crippen molar-refractivity contribution in [1.82, 2.24) is 9.97 Å². The van der Waals surface area contributed by atoms with Gasteiger partial charge in [-0.2, -0.15) is 0 Å². The van der Waals surface area contributed by atoms with Gasteiger partial charge >= 0.3 is 0 Å². The molecule has 0 bridgehead atoms. The molecule has 0 unspecified atom stereocenters. The monoisotopic (exact) mass is 636 g/mol. The Morgan fingerprint density at radius 1 is 0.260 bits per heavy atom. The lowest BCUT2D eigenvalue weighted by molar-refractivity contribution is 1.18. The van der Waals surface area contributed by atoms with Crippen LogP contribution in [0.3, 0.4) is 0 Å². The number of hydrogen-bond acceptors (Lipinski definition) is 2. The predicted octanol–water partition coefficient (Wildman–Crippen LogP) is 12.8. The highest BCUT2D eigenvalue weighted by Gasteiger charge is 2.14. The maximum absolute atomic E-state index is 5.20. The van der Waals surface area contributed by atoms with Crippen molar-refractivity contribution in [3.05, 3.63) is 194 Å². The van der Waals surface area contributed by atoms with Crippen molar-refractivity contribution in [2.45, 2.75) is 0 Å². The van der Waals surface area contributed by atoms with E-state index in [4.69, 9.17) is 9.97 Å². The van der Waals surface area contributed by atoms with Gasteiger partial charge in [-0.15, -0.1) is 0 Å². The molecule has 1 heterocycles. The van der Waals surface area contributed by atoms with Gasteiger partial charge < -0.3 is 0 Å². The summed E-state index contributed by atoms with van der Waals surface area (Å²) in [5.41, 5.74) is 11.9. The van der Waals surface area contributed by atoms with Crippen LogP contribution in [0.1, 0.15) is 0 Å². The van der Waals surface area contributed by atoms with Gasteiger partial charge in [0.25, 0.3) is 0 Å². The second-order valence-electron chi connectivity index (χ2n) is 12.6. The number of benzene rings is 8. The van der Waals surface area contributed by atoms with Crippen LogP contribution in [-0.2, 0) is 0 Å². The summed E-state index contributed by atoms with van der Waals surface area (Å²) in [7, 11) is 0. The molecule has 1 aromatic heterocycles. The first-order valence-electron chi connectivity index (χ1n) is 17.0. The van der Waals surface area contributed by atoms with Crippen molar-refractivity contribution < 1.29 is 0 Å². The third kappa shape index (κ3) is 5.63. The lowest BCUT2D eigenvalue weighted by atomic mass is 9.92. The van der Waals surface area contributed by atoms with Crippen LogP contribution in [0.25, 0.3) is 88.8 Å². The molecule has 2 nitrogen and oxygen atoms in total. The molecular formula is C48H32N2. The van der Waals surface area contributed by atoms with E-state index in [9.17, 15) is 0 Å². The summed E-state index contributed by atoms with van der Waals surface area (Å²) in [5.74, 6) is 0.699. The van der Waals surface area contributed by atoms with Crippen LogP contribution in [0.2, 0.25) is 0 Å². The quantitative estimate of drug-likeness (QED) is 0.170. The largest absolute Gasteiger partial charge is 0.228 e. The molecule has 8 aromatic carbocycles. The first kappa shape index (κ1) is 29.5. The maximum atomic E-state index is 5.20. The highest BCUT2D eigenvalue weighted by Crippen LogP contribution is 2.37. The summed E-state index contributed by atoms with van der Waals surface area (Å²) in [6, 6.07) is 68.7. The predicted molar refractivity (Wildman–Crippen MR) is 210 cm³/mol. The second kappa shape index (κ2) is 12.8. The average Bonchev–Trinajstić information content (AvgIpc) is 3.21. The van der Waals surface area contributed by atoms with E-state index in [1.807, 2.05) is 12.1 Å². The normalized spacial score (nSPS) is 11.2. The van der Waals surface area contributed by atoms with Crippen molar-refractivity contribution in [3.63, 3.8) is 0 Å². The fourth-order valence-corrected chi connectivity index (χ4v) is 6.94. The molecule has 2 heteroatoms. The van der Waals surface area contributed by atoms with Crippen LogP contribution >= 0.6 is 0 Å². The van der Waals surface area contributed by atoms with Gasteiger partial charge in [0.15, 0.2) is 5.82 Å². The fourth-order valence-electron chi connectivity index (χ4n) is 6.94. The topological polar surface area (TPSA) is 25.8 Å². The maximum Gasteiger partial charge on any atom is 0.160 e. The first-order chi connectivity index (χ1) is 24.8. The van der Waals surface area contributed by atoms with Crippen LogP contribution in [-0.4, -0.2) is 9.97 Å². The molecule has 0 aliphatic heterocycles. The van der Waals surface area contributed by atoms with Gasteiger partial charge in [0.05, 0.1) is 11.4 Å². The minimum atomic E-state index is 0.699. The summed E-state index contributed by atoms with van der Waals surface area (Å²) in [4.78, 5) is 10.4. The van der Waals surface area contributed by atoms with Crippen LogP contribution < -0.4 is 0 Å². The highest BCUT2D eigenvalue weighted by molar-refractivity contribution is 6.13. The zero-order valence-corrected chi connectivity index (χ0v) is 27.4. The Kier molecular flexibility index (Phi) is 7.53. The molecule has 9 aromatic rings. The van der Waals surface area contributed by atoms with Gasteiger partial charge in [-0.05, 0) is 79.2 Å². The van der Waals surface area contributed by atoms with Gasteiger partial charge in [-0.3, -0.25) is 0 Å². The Labute approximate surface area is 292 Å². The number of hydrogen-bond donors (Lipinski definition) is 0. The minimum absolute atomic E-state index is 0.699. The molecule has 0 saturated heterocycles. The molecular weight excluding hydrogens is 605 g/mol. The summed E-state index contributed by atoms with van der Waals surface area (Å²) < 4.78 is 0. The van der Waals surface area contributed by atoms with Gasteiger partial charge in [0, 0.05) is 16.7 Å². The van der Waals surface area contributed by atoms with E-state index in [2.05, 4.69) is 182 Å². The number of nitrogens with zero attached hydrogens (tertiary/aromatic N) is 2. The van der Waals surface area contributed by atoms with E-state index < -0.39 is 0 Å². The Morgan fingerprint density at radius 3 is 1.42 bits per heavy atom. The molecule has 50 heavy (non-hydrogen) atoms. The lowest BCUT2D eigenvalue weighted by Crippen LogP contribution is -1.96. The zero-order valence-electron chi connectivity index (χ0n) is 27.4. The zero-order chi connectivity index (χ0) is 33.3. The van der Waals surface area contributed by atoms with Crippen LogP contribution in [0.5, 0.6) is 0 Å². The van der Waals surface area contributed by atoms with E-state index in [1.165, 1.54) is 38.2 Å². The van der Waals surface area contributed by atoms with Gasteiger partial charge in [0.1, 0.15) is 0 Å². The standard InChI is InChI=1S/C48H32N2/c1-3-13-33(14-4-1)37-18-11-20-40(29-37)47-32-46(49-48(50-47)41-21-12-19-38(30-41)34-15-5-2-6-16-34)36-27-25-35(26-28-36)45-31-39-17-7-8-22-42(39)43-23-9-10-24-44(43)45/h1-32H. The van der Waals surface area contributed by atoms with E-state index >= 15 is 0 Å². The fraction of sp³-hybridized carbons (Fsp3) is 0. The lowest BCUT2D eigenvalue weighted by Gasteiger charge is -2.13. The van der Waals surface area contributed by atoms with Crippen molar-refractivity contribution in [2.24, 2.45) is 0 Å². The van der Waals surface area contributed by atoms with Crippen molar-refractivity contribution >= 4 is 21.5 Å². The molecule has 0 aliphatic carbocycles. The van der Waals surface area contributed by atoms with E-state index in [0.29, 0.717) is 5.82 Å². The molecule has 9 rings (SSSR count). The van der Waals surface area contributed by atoms with Crippen molar-refractivity contribution in [1.29, 1.82) is 0 Å². The summed E-state index contributed by atoms with van der Waals surface area (Å²) in [6.45, 7) is 0. The SMILES string of the molecule is c1ccc(-c2cccc(-c3cc(-c4ccc(-c5cc6ccccc6c6ccccc56)cc4)nc(-c4cccc(-c5ccccc5)c4)n3)c2)cc1. The number of aromatic nitrogens is 2. The summed E-state index contributed by atoms with van der Waals surface area (Å²) in [5, 5.41) is 5.04. The highest BCUT2D eigenvalue weighted by atomic mass is 14.9. The van der Waals surface area contributed by atoms with E-state index in [1.54, 1.807) is 0 Å². The van der Waals surface area contributed by atoms with Crippen LogP contribution in [0, 0.1) is 0 Å². The second-order valence-corrected chi connectivity index (χ2v) is 12.6. The molecule has 0 N–H and O–H groups in total. The molecule has 0 saturated carbocycles. The Hall–Kier alpha value is -6.64. The van der Waals surface area contributed by atoms with Gasteiger partial charge in [0.2, 0.25) is 0 Å². The molecule has 0 aliphatic rings. The van der Waals surface area contributed by atoms with Crippen molar-refractivity contribution in [3.8, 4) is 67.3 Å². The molecule has 0 radical (unpaired) electrons. The smallest absolute Gasteiger partial charge is 0.160 e. The Morgan fingerprint density at radius 2 is 0.740 bits per heavy atom. The number of fused-ring (bicyclic) bond motifs is 3. The minimum Gasteiger partial charge on any atom is -0.228 e. The molecule has 0 atom stereocenters. The van der Waals surface area contributed by atoms with Gasteiger partial charge in [-0.25, -0.2) is 9.97 Å². The van der Waals surface area contributed by atoms with E-state index in [-0.39, 0.29) is 0 Å². The first-order valence-corrected chi connectivity index (χ1v) is 17.0. The average molecular weight is 637 g/mol. The molecule has 234 valence electrons. The molecule has 0 amide bonds. The number of rotatable bonds is 6. The van der Waals surface area contributed by atoms with E-state index in [0.717, 1.165) is 44.8 Å². The molecule has 0 fully saturated rings. The van der Waals surface area contributed by atoms with Gasteiger partial charge in [-0.1, -0.05) is 170 Å². The summed E-state index contributed by atoms with van der Waals surface area (Å²) in [6.07, 6.45) is 0. The third-order valence-corrected chi connectivity index (χ3v) is 9.48. The van der Waals surface area contributed by atoms with Crippen LogP contribution in [0.15, 0.2) is 194 Å². The Bertz CT molecular complexity index is 2520. The van der Waals surface area contributed by atoms with Crippen LogP contribution in [0.4, 0.5) is 0 Å². The van der Waals surface area contributed by atoms with Crippen molar-refractivity contribution in [2.75, 3.05) is 0 Å². The Balaban J connectivity index is 1.17. The summed E-state index contributed by atoms with van der Waals surface area (Å²) >= 11 is 0.